The van der Waals surface area contributed by atoms with E-state index in [1.165, 1.54) is 0 Å². The summed E-state index contributed by atoms with van der Waals surface area (Å²) >= 11 is 3.25. The van der Waals surface area contributed by atoms with Crippen LogP contribution in [-0.4, -0.2) is 9.97 Å². The smallest absolute Gasteiger partial charge is 0.130 e. The Labute approximate surface area is 62.1 Å². The van der Waals surface area contributed by atoms with Crippen molar-refractivity contribution in [2.75, 3.05) is 0 Å². The number of allylic oxidation sites excluding steroid dienone is 1. The van der Waals surface area contributed by atoms with Gasteiger partial charge in [-0.3, -0.25) is 0 Å². The maximum Gasteiger partial charge on any atom is 0.130 e. The molecule has 0 aliphatic carbocycles. The number of halogens is 1. The van der Waals surface area contributed by atoms with Crippen molar-refractivity contribution in [1.82, 2.24) is 9.97 Å². The summed E-state index contributed by atoms with van der Waals surface area (Å²) in [4.78, 5) is 7.01. The number of nitrogens with zero attached hydrogens (tertiary/aromatic N) is 1. The SMILES string of the molecule is C/C=C\c1ncc(Br)[nH]1. The van der Waals surface area contributed by atoms with E-state index in [1.807, 2.05) is 19.1 Å². The van der Waals surface area contributed by atoms with Crippen LogP contribution in [0.2, 0.25) is 0 Å². The van der Waals surface area contributed by atoms with Gasteiger partial charge in [0.2, 0.25) is 0 Å². The van der Waals surface area contributed by atoms with E-state index in [1.54, 1.807) is 6.20 Å². The Hall–Kier alpha value is -0.570. The van der Waals surface area contributed by atoms with Gasteiger partial charge in [0.05, 0.1) is 6.20 Å². The van der Waals surface area contributed by atoms with Crippen LogP contribution in [0.25, 0.3) is 6.08 Å². The number of hydrogen-bond acceptors (Lipinski definition) is 1. The molecule has 1 heterocycles. The first kappa shape index (κ1) is 6.55. The Morgan fingerprint density at radius 1 is 1.78 bits per heavy atom. The van der Waals surface area contributed by atoms with E-state index in [-0.39, 0.29) is 0 Å². The van der Waals surface area contributed by atoms with Crippen LogP contribution in [0.5, 0.6) is 0 Å². The Morgan fingerprint density at radius 2 is 2.56 bits per heavy atom. The molecule has 1 N–H and O–H groups in total. The number of hydrogen-bond donors (Lipinski definition) is 1. The maximum absolute atomic E-state index is 4.02. The van der Waals surface area contributed by atoms with Crippen molar-refractivity contribution >= 4 is 22.0 Å². The second-order valence-corrected chi connectivity index (χ2v) is 2.47. The molecule has 48 valence electrons. The van der Waals surface area contributed by atoms with Crippen molar-refractivity contribution in [2.45, 2.75) is 6.92 Å². The molecular formula is C6H7BrN2. The zero-order valence-electron chi connectivity index (χ0n) is 5.06. The number of aromatic nitrogens is 2. The summed E-state index contributed by atoms with van der Waals surface area (Å²) in [5.41, 5.74) is 0. The van der Waals surface area contributed by atoms with Gasteiger partial charge in [0.25, 0.3) is 0 Å². The normalized spacial score (nSPS) is 10.9. The molecule has 3 heteroatoms. The molecule has 0 bridgehead atoms. The highest BCUT2D eigenvalue weighted by atomic mass is 79.9. The molecule has 2 nitrogen and oxygen atoms in total. The highest BCUT2D eigenvalue weighted by Crippen LogP contribution is 2.05. The molecule has 1 aromatic rings. The third kappa shape index (κ3) is 1.68. The van der Waals surface area contributed by atoms with Gasteiger partial charge in [-0.15, -0.1) is 0 Å². The zero-order chi connectivity index (χ0) is 6.69. The fourth-order valence-corrected chi connectivity index (χ4v) is 0.861. The number of nitrogens with one attached hydrogen (secondary N) is 1. The lowest BCUT2D eigenvalue weighted by Crippen LogP contribution is -1.70. The fraction of sp³-hybridized carbons (Fsp3) is 0.167. The maximum atomic E-state index is 4.02. The summed E-state index contributed by atoms with van der Waals surface area (Å²) in [6, 6.07) is 0. The Balaban J connectivity index is 2.85. The van der Waals surface area contributed by atoms with Crippen LogP contribution in [0.3, 0.4) is 0 Å². The van der Waals surface area contributed by atoms with E-state index in [2.05, 4.69) is 25.9 Å². The Morgan fingerprint density at radius 3 is 3.00 bits per heavy atom. The van der Waals surface area contributed by atoms with Gasteiger partial charge < -0.3 is 4.98 Å². The molecule has 0 aromatic carbocycles. The Kier molecular flexibility index (Phi) is 2.05. The molecule has 0 amide bonds. The van der Waals surface area contributed by atoms with Gasteiger partial charge in [-0.1, -0.05) is 6.08 Å². The molecule has 0 atom stereocenters. The largest absolute Gasteiger partial charge is 0.333 e. The van der Waals surface area contributed by atoms with Gasteiger partial charge in [-0.05, 0) is 28.9 Å². The van der Waals surface area contributed by atoms with Crippen LogP contribution in [0.4, 0.5) is 0 Å². The van der Waals surface area contributed by atoms with E-state index >= 15 is 0 Å². The minimum atomic E-state index is 0.879. The number of imidazole rings is 1. The summed E-state index contributed by atoms with van der Waals surface area (Å²) in [5.74, 6) is 0.879. The first-order chi connectivity index (χ1) is 4.33. The van der Waals surface area contributed by atoms with Gasteiger partial charge in [0.1, 0.15) is 10.4 Å². The highest BCUT2D eigenvalue weighted by molar-refractivity contribution is 9.10. The average Bonchev–Trinajstić information content (AvgIpc) is 2.17. The Bertz CT molecular complexity index is 215. The predicted molar refractivity (Wildman–Crippen MR) is 41.0 cm³/mol. The predicted octanol–water partition coefficient (Wildman–Crippen LogP) is 2.21. The van der Waals surface area contributed by atoms with Gasteiger partial charge in [0.15, 0.2) is 0 Å². The van der Waals surface area contributed by atoms with Crippen LogP contribution in [0.15, 0.2) is 16.9 Å². The van der Waals surface area contributed by atoms with E-state index in [0.717, 1.165) is 10.4 Å². The van der Waals surface area contributed by atoms with Gasteiger partial charge in [0, 0.05) is 0 Å². The molecule has 0 radical (unpaired) electrons. The lowest BCUT2D eigenvalue weighted by atomic mass is 10.5. The summed E-state index contributed by atoms with van der Waals surface area (Å²) in [6.07, 6.45) is 5.57. The average molecular weight is 187 g/mol. The van der Waals surface area contributed by atoms with Crippen molar-refractivity contribution in [3.63, 3.8) is 0 Å². The first-order valence-corrected chi connectivity index (χ1v) is 3.45. The van der Waals surface area contributed by atoms with E-state index in [9.17, 15) is 0 Å². The third-order valence-electron chi connectivity index (χ3n) is 0.889. The lowest BCUT2D eigenvalue weighted by Gasteiger charge is -1.78. The summed E-state index contributed by atoms with van der Waals surface area (Å²) in [5, 5.41) is 0. The topological polar surface area (TPSA) is 28.7 Å². The molecule has 0 saturated carbocycles. The molecule has 9 heavy (non-hydrogen) atoms. The zero-order valence-corrected chi connectivity index (χ0v) is 6.64. The molecule has 1 aromatic heterocycles. The molecule has 0 unspecified atom stereocenters. The summed E-state index contributed by atoms with van der Waals surface area (Å²) < 4.78 is 0.913. The number of H-pyrrole nitrogens is 1. The fourth-order valence-electron chi connectivity index (χ4n) is 0.556. The van der Waals surface area contributed by atoms with E-state index in [0.29, 0.717) is 0 Å². The quantitative estimate of drug-likeness (QED) is 0.717. The standard InChI is InChI=1S/C6H7BrN2/c1-2-3-6-8-4-5(7)9-6/h2-4H,1H3,(H,8,9)/b3-2-. The molecular weight excluding hydrogens is 180 g/mol. The van der Waals surface area contributed by atoms with Gasteiger partial charge in [-0.2, -0.15) is 0 Å². The van der Waals surface area contributed by atoms with Crippen LogP contribution in [0.1, 0.15) is 12.7 Å². The minimum absolute atomic E-state index is 0.879. The van der Waals surface area contributed by atoms with Gasteiger partial charge >= 0.3 is 0 Å². The van der Waals surface area contributed by atoms with Crippen molar-refractivity contribution < 1.29 is 0 Å². The van der Waals surface area contributed by atoms with Crippen LogP contribution in [-0.2, 0) is 0 Å². The van der Waals surface area contributed by atoms with Crippen LogP contribution in [0, 0.1) is 0 Å². The molecule has 0 fully saturated rings. The third-order valence-corrected chi connectivity index (χ3v) is 1.29. The molecule has 0 aliphatic heterocycles. The van der Waals surface area contributed by atoms with Crippen molar-refractivity contribution in [3.8, 4) is 0 Å². The summed E-state index contributed by atoms with van der Waals surface area (Å²) in [7, 11) is 0. The number of rotatable bonds is 1. The highest BCUT2D eigenvalue weighted by Gasteiger charge is 1.89. The van der Waals surface area contributed by atoms with Crippen LogP contribution < -0.4 is 0 Å². The molecule has 0 saturated heterocycles. The minimum Gasteiger partial charge on any atom is -0.333 e. The van der Waals surface area contributed by atoms with Crippen molar-refractivity contribution in [1.29, 1.82) is 0 Å². The second kappa shape index (κ2) is 2.82. The first-order valence-electron chi connectivity index (χ1n) is 2.66. The second-order valence-electron chi connectivity index (χ2n) is 1.62. The van der Waals surface area contributed by atoms with E-state index in [4.69, 9.17) is 0 Å². The molecule has 0 aliphatic rings. The molecule has 0 spiro atoms. The molecule has 1 rings (SSSR count). The monoisotopic (exact) mass is 186 g/mol. The van der Waals surface area contributed by atoms with E-state index < -0.39 is 0 Å². The summed E-state index contributed by atoms with van der Waals surface area (Å²) in [6.45, 7) is 1.95. The van der Waals surface area contributed by atoms with Crippen molar-refractivity contribution in [2.24, 2.45) is 0 Å². The number of aromatic amines is 1. The van der Waals surface area contributed by atoms with Crippen LogP contribution >= 0.6 is 15.9 Å². The van der Waals surface area contributed by atoms with Crippen molar-refractivity contribution in [3.05, 3.63) is 22.7 Å². The van der Waals surface area contributed by atoms with Gasteiger partial charge in [-0.25, -0.2) is 4.98 Å². The lowest BCUT2D eigenvalue weighted by molar-refractivity contribution is 1.25.